The van der Waals surface area contributed by atoms with Gasteiger partial charge < -0.3 is 23.5 Å². The van der Waals surface area contributed by atoms with Crippen LogP contribution in [0.1, 0.15) is 22.6 Å². The molecule has 0 aliphatic heterocycles. The van der Waals surface area contributed by atoms with Crippen LogP contribution in [0.3, 0.4) is 0 Å². The molecule has 1 unspecified atom stereocenters. The Morgan fingerprint density at radius 2 is 0.500 bits per heavy atom. The number of rotatable bonds is 12. The zero-order valence-corrected chi connectivity index (χ0v) is 52.5. The van der Waals surface area contributed by atoms with Gasteiger partial charge in [-0.05, 0) is 153 Å². The minimum absolute atomic E-state index is 0.000845. The van der Waals surface area contributed by atoms with Crippen LogP contribution in [0.4, 0.5) is 34.1 Å². The molecule has 0 amide bonds. The van der Waals surface area contributed by atoms with Crippen molar-refractivity contribution in [1.82, 2.24) is 13.7 Å². The molecule has 0 radical (unpaired) electrons. The topological polar surface area (TPSA) is 21.3 Å². The second-order valence-corrected chi connectivity index (χ2v) is 25.1. The molecular formula is C91H61N5. The Labute approximate surface area is 555 Å². The summed E-state index contributed by atoms with van der Waals surface area (Å²) in [6.07, 6.45) is 0. The Hall–Kier alpha value is -12.7. The van der Waals surface area contributed by atoms with Gasteiger partial charge in [0.25, 0.3) is 0 Å². The highest BCUT2D eigenvalue weighted by Gasteiger charge is 2.30. The molecule has 0 aliphatic rings. The van der Waals surface area contributed by atoms with Crippen molar-refractivity contribution in [3.05, 3.63) is 381 Å². The number of anilines is 6. The lowest BCUT2D eigenvalue weighted by atomic mass is 9.83. The lowest BCUT2D eigenvalue weighted by Gasteiger charge is -2.27. The monoisotopic (exact) mass is 1220 g/mol. The summed E-state index contributed by atoms with van der Waals surface area (Å²) in [5.74, 6) is 0.000845. The number of fused-ring (bicyclic) bond motifs is 15. The molecule has 450 valence electrons. The van der Waals surface area contributed by atoms with Crippen LogP contribution in [-0.4, -0.2) is 13.7 Å². The number of hydrogen-bond donors (Lipinski definition) is 0. The van der Waals surface area contributed by atoms with Gasteiger partial charge in [-0.2, -0.15) is 0 Å². The highest BCUT2D eigenvalue weighted by atomic mass is 15.2. The van der Waals surface area contributed by atoms with Gasteiger partial charge in [-0.3, -0.25) is 0 Å². The Morgan fingerprint density at radius 3 is 0.917 bits per heavy atom. The van der Waals surface area contributed by atoms with Crippen molar-refractivity contribution >= 4 is 132 Å². The van der Waals surface area contributed by atoms with E-state index in [1.54, 1.807) is 0 Å². The minimum atomic E-state index is 0.000845. The third-order valence-electron chi connectivity index (χ3n) is 19.9. The van der Waals surface area contributed by atoms with E-state index in [0.717, 1.165) is 84.3 Å². The maximum Gasteiger partial charge on any atom is 0.0663 e. The van der Waals surface area contributed by atoms with Gasteiger partial charge in [0.1, 0.15) is 0 Å². The molecule has 0 aliphatic carbocycles. The Morgan fingerprint density at radius 1 is 0.208 bits per heavy atom. The van der Waals surface area contributed by atoms with Crippen molar-refractivity contribution < 1.29 is 0 Å². The van der Waals surface area contributed by atoms with Crippen LogP contribution in [0.2, 0.25) is 0 Å². The SMILES string of the molecule is c1ccc(C(c2ccc(-n3c4ccccc4c4c3c3c5ccccc5n(-c5ccc(N(c6ccccc6)c6cccc7ccccc67)cc5)c3c3c5ccccc5n(-c5ccc(N(c6ccccc6)c6cccc7ccccc67)cc5)c43)cc2)c2cccc3ccccc23)cc1. The number of aromatic nitrogens is 3. The van der Waals surface area contributed by atoms with Crippen LogP contribution in [0, 0.1) is 0 Å². The van der Waals surface area contributed by atoms with Gasteiger partial charge in [-0.15, -0.1) is 0 Å². The number of para-hydroxylation sites is 5. The number of benzene rings is 16. The van der Waals surface area contributed by atoms with Gasteiger partial charge in [0.15, 0.2) is 0 Å². The molecule has 5 nitrogen and oxygen atoms in total. The molecular weight excluding hydrogens is 1160 g/mol. The fourth-order valence-corrected chi connectivity index (χ4v) is 15.8. The molecule has 0 N–H and O–H groups in total. The van der Waals surface area contributed by atoms with Crippen molar-refractivity contribution in [3.63, 3.8) is 0 Å². The van der Waals surface area contributed by atoms with E-state index in [-0.39, 0.29) is 5.92 Å². The van der Waals surface area contributed by atoms with Crippen molar-refractivity contribution in [1.29, 1.82) is 0 Å². The first-order valence-corrected chi connectivity index (χ1v) is 33.1. The van der Waals surface area contributed by atoms with Crippen LogP contribution in [0.25, 0.3) is 115 Å². The van der Waals surface area contributed by atoms with Gasteiger partial charge in [-0.25, -0.2) is 0 Å². The Bertz CT molecular complexity index is 5530. The fraction of sp³-hybridized carbons (Fsp3) is 0.0110. The van der Waals surface area contributed by atoms with E-state index in [2.05, 4.69) is 387 Å². The van der Waals surface area contributed by atoms with Crippen LogP contribution in [0.15, 0.2) is 364 Å². The normalized spacial score (nSPS) is 12.1. The lowest BCUT2D eigenvalue weighted by Crippen LogP contribution is -2.10. The highest BCUT2D eigenvalue weighted by Crippen LogP contribution is 2.52. The van der Waals surface area contributed by atoms with Crippen molar-refractivity contribution in [2.75, 3.05) is 9.80 Å². The van der Waals surface area contributed by atoms with E-state index in [9.17, 15) is 0 Å². The zero-order valence-electron chi connectivity index (χ0n) is 52.5. The summed E-state index contributed by atoms with van der Waals surface area (Å²) >= 11 is 0. The molecule has 19 rings (SSSR count). The average molecular weight is 1220 g/mol. The molecule has 5 heteroatoms. The third kappa shape index (κ3) is 8.71. The fourth-order valence-electron chi connectivity index (χ4n) is 15.8. The second-order valence-electron chi connectivity index (χ2n) is 25.1. The Balaban J connectivity index is 0.889. The molecule has 16 aromatic carbocycles. The summed E-state index contributed by atoms with van der Waals surface area (Å²) < 4.78 is 7.69. The Kier molecular flexibility index (Phi) is 12.9. The molecule has 96 heavy (non-hydrogen) atoms. The molecule has 3 heterocycles. The molecule has 1 atom stereocenters. The van der Waals surface area contributed by atoms with Crippen LogP contribution < -0.4 is 9.80 Å². The summed E-state index contributed by atoms with van der Waals surface area (Å²) in [6, 6.07) is 134. The smallest absolute Gasteiger partial charge is 0.0663 e. The highest BCUT2D eigenvalue weighted by molar-refractivity contribution is 6.40. The van der Waals surface area contributed by atoms with Gasteiger partial charge in [0, 0.05) is 88.8 Å². The molecule has 0 spiro atoms. The lowest BCUT2D eigenvalue weighted by molar-refractivity contribution is 0.986. The van der Waals surface area contributed by atoms with Crippen LogP contribution >= 0.6 is 0 Å². The van der Waals surface area contributed by atoms with E-state index in [1.807, 2.05) is 0 Å². The minimum Gasteiger partial charge on any atom is -0.310 e. The van der Waals surface area contributed by atoms with Gasteiger partial charge in [0.2, 0.25) is 0 Å². The van der Waals surface area contributed by atoms with E-state index in [1.165, 1.54) is 81.3 Å². The first-order chi connectivity index (χ1) is 47.7. The summed E-state index contributed by atoms with van der Waals surface area (Å²) in [4.78, 5) is 4.79. The van der Waals surface area contributed by atoms with Gasteiger partial charge in [-0.1, -0.05) is 249 Å². The largest absolute Gasteiger partial charge is 0.310 e. The quantitative estimate of drug-likeness (QED) is 0.114. The number of nitrogens with zero attached hydrogens (tertiary/aromatic N) is 5. The molecule has 0 bridgehead atoms. The molecule has 0 saturated heterocycles. The summed E-state index contributed by atoms with van der Waals surface area (Å²) in [5, 5.41) is 14.4. The van der Waals surface area contributed by atoms with Crippen LogP contribution in [0.5, 0.6) is 0 Å². The van der Waals surface area contributed by atoms with Gasteiger partial charge >= 0.3 is 0 Å². The molecule has 0 fully saturated rings. The summed E-state index contributed by atoms with van der Waals surface area (Å²) in [7, 11) is 0. The van der Waals surface area contributed by atoms with E-state index >= 15 is 0 Å². The van der Waals surface area contributed by atoms with Crippen molar-refractivity contribution in [2.45, 2.75) is 5.92 Å². The first-order valence-electron chi connectivity index (χ1n) is 33.1. The number of hydrogen-bond acceptors (Lipinski definition) is 2. The van der Waals surface area contributed by atoms with Crippen molar-refractivity contribution in [3.8, 4) is 17.1 Å². The summed E-state index contributed by atoms with van der Waals surface area (Å²) in [5.41, 5.74) is 20.4. The predicted molar refractivity (Wildman–Crippen MR) is 405 cm³/mol. The second kappa shape index (κ2) is 22.6. The molecule has 0 saturated carbocycles. The third-order valence-corrected chi connectivity index (χ3v) is 19.9. The summed E-state index contributed by atoms with van der Waals surface area (Å²) in [6.45, 7) is 0. The van der Waals surface area contributed by atoms with Gasteiger partial charge in [0.05, 0.1) is 44.5 Å². The first kappa shape index (κ1) is 55.0. The standard InChI is InChI=1S/C91H61N5/c1-4-28-64(29-5-1)85(76-43-22-30-61-25-10-13-37-73(61)76)65-49-51-70(52-50-65)94-82-44-19-16-40-77(82)86-89(94)87-78-41-17-20-45-83(78)95(71-57-53-68(54-58-71)92(66-33-6-2-7-34-66)80-47-23-31-62-26-11-14-38-74(62)80)91(87)88-79-42-18-21-46-84(79)96(90(86)88)72-59-55-69(56-60-72)93(67-35-8-3-9-36-67)81-48-24-32-63-27-12-15-39-75(63)81/h1-60,85H. The molecule has 19 aromatic rings. The maximum absolute atomic E-state index is 2.57. The average Bonchev–Trinajstić information content (AvgIpc) is 1.51. The maximum atomic E-state index is 2.57. The van der Waals surface area contributed by atoms with E-state index in [4.69, 9.17) is 0 Å². The van der Waals surface area contributed by atoms with E-state index < -0.39 is 0 Å². The predicted octanol–water partition coefficient (Wildman–Crippen LogP) is 24.6. The zero-order chi connectivity index (χ0) is 63.2. The molecule has 3 aromatic heterocycles. The van der Waals surface area contributed by atoms with E-state index in [0.29, 0.717) is 0 Å². The van der Waals surface area contributed by atoms with Crippen LogP contribution in [-0.2, 0) is 0 Å². The van der Waals surface area contributed by atoms with Crippen molar-refractivity contribution in [2.24, 2.45) is 0 Å².